The number of nitrogens with one attached hydrogen (secondary N) is 2. The number of hydrogen-bond donors (Lipinski definition) is 2. The number of likely N-dealkylation sites (N-methyl/N-ethyl adjacent to an activating group) is 1. The van der Waals surface area contributed by atoms with E-state index >= 15 is 0 Å². The first kappa shape index (κ1) is 13.6. The predicted octanol–water partition coefficient (Wildman–Crippen LogP) is 0.171. The molecule has 1 saturated heterocycles. The Morgan fingerprint density at radius 2 is 2.00 bits per heavy atom. The fourth-order valence-corrected chi connectivity index (χ4v) is 4.75. The lowest BCUT2D eigenvalue weighted by Gasteiger charge is -2.56. The molecule has 3 atom stereocenters. The fourth-order valence-electron chi connectivity index (χ4n) is 4.75. The number of quaternary nitrogens is 2. The topological polar surface area (TPSA) is 8.88 Å². The summed E-state index contributed by atoms with van der Waals surface area (Å²) in [4.78, 5) is 3.50. The van der Waals surface area contributed by atoms with E-state index in [-0.39, 0.29) is 0 Å². The van der Waals surface area contributed by atoms with E-state index in [1.165, 1.54) is 45.3 Å². The molecular formula is C17H32N2+2. The molecule has 0 aromatic carbocycles. The van der Waals surface area contributed by atoms with Gasteiger partial charge in [0.2, 0.25) is 0 Å². The molecule has 1 aliphatic heterocycles. The van der Waals surface area contributed by atoms with Crippen LogP contribution in [0, 0.1) is 17.3 Å². The fraction of sp³-hybridized carbons (Fsp3) is 0.882. The number of likely N-dealkylation sites (tertiary alicyclic amines) is 1. The van der Waals surface area contributed by atoms with Crippen molar-refractivity contribution in [2.75, 3.05) is 33.7 Å². The zero-order valence-corrected chi connectivity index (χ0v) is 13.3. The Bertz CT molecular complexity index is 363. The first-order valence-corrected chi connectivity index (χ1v) is 8.31. The van der Waals surface area contributed by atoms with Crippen LogP contribution in [0.4, 0.5) is 0 Å². The van der Waals surface area contributed by atoms with Gasteiger partial charge < -0.3 is 9.80 Å². The number of hydrogen-bond acceptors (Lipinski definition) is 0. The average molecular weight is 264 g/mol. The second-order valence-corrected chi connectivity index (χ2v) is 8.08. The molecule has 2 nitrogen and oxygen atoms in total. The van der Waals surface area contributed by atoms with Crippen LogP contribution in [-0.4, -0.2) is 39.8 Å². The molecule has 3 aliphatic carbocycles. The van der Waals surface area contributed by atoms with Crippen LogP contribution in [0.25, 0.3) is 0 Å². The molecule has 1 heterocycles. The molecule has 1 saturated carbocycles. The van der Waals surface area contributed by atoms with Gasteiger partial charge in [-0.15, -0.1) is 0 Å². The van der Waals surface area contributed by atoms with Crippen LogP contribution in [-0.2, 0) is 0 Å². The van der Waals surface area contributed by atoms with Crippen LogP contribution in [0.3, 0.4) is 0 Å². The minimum atomic E-state index is 0.599. The maximum atomic E-state index is 2.59. The Labute approximate surface area is 118 Å². The Balaban J connectivity index is 1.58. The monoisotopic (exact) mass is 264 g/mol. The molecule has 108 valence electrons. The van der Waals surface area contributed by atoms with E-state index in [4.69, 9.17) is 0 Å². The predicted molar refractivity (Wildman–Crippen MR) is 79.5 cm³/mol. The van der Waals surface area contributed by atoms with Gasteiger partial charge in [0.25, 0.3) is 0 Å². The smallest absolute Gasteiger partial charge is 0.0990 e. The second-order valence-electron chi connectivity index (χ2n) is 8.08. The van der Waals surface area contributed by atoms with Crippen LogP contribution >= 0.6 is 0 Å². The van der Waals surface area contributed by atoms with E-state index < -0.39 is 0 Å². The minimum Gasteiger partial charge on any atom is -0.337 e. The summed E-state index contributed by atoms with van der Waals surface area (Å²) >= 11 is 0. The van der Waals surface area contributed by atoms with Gasteiger partial charge >= 0.3 is 0 Å². The first-order valence-electron chi connectivity index (χ1n) is 8.31. The summed E-state index contributed by atoms with van der Waals surface area (Å²) in [5.74, 6) is 1.88. The van der Waals surface area contributed by atoms with Gasteiger partial charge in [-0.3, -0.25) is 0 Å². The molecule has 2 fully saturated rings. The Morgan fingerprint density at radius 1 is 1.32 bits per heavy atom. The third-order valence-electron chi connectivity index (χ3n) is 6.60. The second kappa shape index (κ2) is 4.89. The zero-order valence-electron chi connectivity index (χ0n) is 13.3. The summed E-state index contributed by atoms with van der Waals surface area (Å²) in [5.41, 5.74) is 2.39. The maximum absolute atomic E-state index is 2.59. The highest BCUT2D eigenvalue weighted by molar-refractivity contribution is 5.23. The molecule has 0 amide bonds. The van der Waals surface area contributed by atoms with Crippen molar-refractivity contribution in [2.24, 2.45) is 17.3 Å². The summed E-state index contributed by atoms with van der Waals surface area (Å²) in [7, 11) is 4.77. The quantitative estimate of drug-likeness (QED) is 0.673. The highest BCUT2D eigenvalue weighted by atomic mass is 15.2. The van der Waals surface area contributed by atoms with Crippen molar-refractivity contribution in [1.29, 1.82) is 0 Å². The lowest BCUT2D eigenvalue weighted by molar-refractivity contribution is -0.937. The first-order chi connectivity index (χ1) is 8.98. The third kappa shape index (κ3) is 2.38. The summed E-state index contributed by atoms with van der Waals surface area (Å²) in [6, 6.07) is 0.908. The van der Waals surface area contributed by atoms with Crippen LogP contribution in [0.5, 0.6) is 0 Å². The minimum absolute atomic E-state index is 0.599. The van der Waals surface area contributed by atoms with Crippen LogP contribution < -0.4 is 9.80 Å². The lowest BCUT2D eigenvalue weighted by atomic mass is 9.49. The summed E-state index contributed by atoms with van der Waals surface area (Å²) in [6.07, 6.45) is 8.25. The van der Waals surface area contributed by atoms with Gasteiger partial charge in [0.1, 0.15) is 0 Å². The molecule has 2 N–H and O–H groups in total. The number of fused-ring (bicyclic) bond motifs is 1. The van der Waals surface area contributed by atoms with E-state index in [1.807, 2.05) is 0 Å². The summed E-state index contributed by atoms with van der Waals surface area (Å²) < 4.78 is 0. The lowest BCUT2D eigenvalue weighted by Crippen LogP contribution is -3.18. The van der Waals surface area contributed by atoms with Gasteiger partial charge in [0.15, 0.2) is 0 Å². The molecule has 2 heteroatoms. The molecule has 4 aliphatic rings. The standard InChI is InChI=1S/C17H30N2/c1-17(2)14-6-5-13(16(17)11-14)12-19(4)15-7-9-18(3)10-8-15/h5,14-16H,6-12H2,1-4H3/p+2/t14-,16-/m1/s1. The van der Waals surface area contributed by atoms with E-state index in [0.29, 0.717) is 5.41 Å². The molecule has 0 aromatic heterocycles. The Kier molecular flexibility index (Phi) is 3.51. The van der Waals surface area contributed by atoms with Gasteiger partial charge in [0.05, 0.1) is 39.8 Å². The Morgan fingerprint density at radius 3 is 2.58 bits per heavy atom. The number of piperidine rings is 1. The normalized spacial score (nSPS) is 42.2. The van der Waals surface area contributed by atoms with Crippen molar-refractivity contribution >= 4 is 0 Å². The van der Waals surface area contributed by atoms with Gasteiger partial charge in [-0.1, -0.05) is 19.9 Å². The van der Waals surface area contributed by atoms with Crippen LogP contribution in [0.2, 0.25) is 0 Å². The van der Waals surface area contributed by atoms with Gasteiger partial charge in [-0.05, 0) is 35.7 Å². The zero-order chi connectivity index (χ0) is 13.6. The highest BCUT2D eigenvalue weighted by Crippen LogP contribution is 2.58. The molecule has 0 radical (unpaired) electrons. The van der Waals surface area contributed by atoms with Gasteiger partial charge in [-0.25, -0.2) is 0 Å². The highest BCUT2D eigenvalue weighted by Gasteiger charge is 2.51. The van der Waals surface area contributed by atoms with Crippen molar-refractivity contribution in [2.45, 2.75) is 45.6 Å². The maximum Gasteiger partial charge on any atom is 0.0990 e. The van der Waals surface area contributed by atoms with E-state index in [2.05, 4.69) is 34.0 Å². The molecule has 19 heavy (non-hydrogen) atoms. The van der Waals surface area contributed by atoms with E-state index in [0.717, 1.165) is 17.9 Å². The molecule has 4 rings (SSSR count). The SMILES string of the molecule is C[NH+]1CCC([NH+](C)CC2=CC[C@@H]3C[C@H]2C3(C)C)CC1. The summed E-state index contributed by atoms with van der Waals surface area (Å²) in [6.45, 7) is 9.04. The van der Waals surface area contributed by atoms with Gasteiger partial charge in [-0.2, -0.15) is 0 Å². The van der Waals surface area contributed by atoms with Crippen molar-refractivity contribution in [3.8, 4) is 0 Å². The van der Waals surface area contributed by atoms with E-state index in [1.54, 1.807) is 15.4 Å². The molecular weight excluding hydrogens is 232 g/mol. The van der Waals surface area contributed by atoms with Crippen LogP contribution in [0.15, 0.2) is 11.6 Å². The molecule has 0 spiro atoms. The number of allylic oxidation sites excluding steroid dienone is 1. The van der Waals surface area contributed by atoms with Crippen molar-refractivity contribution in [1.82, 2.24) is 0 Å². The largest absolute Gasteiger partial charge is 0.337 e. The Hall–Kier alpha value is -0.340. The molecule has 0 aromatic rings. The summed E-state index contributed by atoms with van der Waals surface area (Å²) in [5, 5.41) is 0. The van der Waals surface area contributed by atoms with Crippen molar-refractivity contribution < 1.29 is 9.80 Å². The van der Waals surface area contributed by atoms with Crippen LogP contribution in [0.1, 0.15) is 39.5 Å². The van der Waals surface area contributed by atoms with Crippen molar-refractivity contribution in [3.05, 3.63) is 11.6 Å². The van der Waals surface area contributed by atoms with E-state index in [9.17, 15) is 0 Å². The van der Waals surface area contributed by atoms with Gasteiger partial charge in [0, 0.05) is 12.8 Å². The number of rotatable bonds is 3. The van der Waals surface area contributed by atoms with Crippen molar-refractivity contribution in [3.63, 3.8) is 0 Å². The molecule has 1 unspecified atom stereocenters. The third-order valence-corrected chi connectivity index (χ3v) is 6.60. The average Bonchev–Trinajstić information content (AvgIpc) is 2.39. The molecule has 2 bridgehead atoms.